The molecule has 0 saturated heterocycles. The zero-order chi connectivity index (χ0) is 14.0. The zero-order valence-electron chi connectivity index (χ0n) is 10.8. The van der Waals surface area contributed by atoms with Crippen LogP contribution in [0.2, 0.25) is 0 Å². The lowest BCUT2D eigenvalue weighted by molar-refractivity contribution is 0.600. The SMILES string of the molecule is Cc1[nH]ncc1S(=O)(=O)Nc1nnc(CC(C)C)s1. The molecule has 2 rings (SSSR count). The van der Waals surface area contributed by atoms with Crippen LogP contribution in [0.3, 0.4) is 0 Å². The number of anilines is 1. The molecule has 2 aromatic rings. The number of nitrogens with one attached hydrogen (secondary N) is 2. The summed E-state index contributed by atoms with van der Waals surface area (Å²) in [5, 5.41) is 15.2. The number of hydrogen-bond donors (Lipinski definition) is 2. The Balaban J connectivity index is 2.17. The molecule has 0 fully saturated rings. The second kappa shape index (κ2) is 5.25. The second-order valence-electron chi connectivity index (χ2n) is 4.56. The van der Waals surface area contributed by atoms with Crippen molar-refractivity contribution < 1.29 is 8.42 Å². The van der Waals surface area contributed by atoms with Crippen molar-refractivity contribution in [3.8, 4) is 0 Å². The lowest BCUT2D eigenvalue weighted by atomic mass is 10.1. The summed E-state index contributed by atoms with van der Waals surface area (Å²) in [6.45, 7) is 5.78. The normalized spacial score (nSPS) is 12.0. The van der Waals surface area contributed by atoms with E-state index in [0.29, 0.717) is 11.6 Å². The smallest absolute Gasteiger partial charge is 0.267 e. The van der Waals surface area contributed by atoms with E-state index in [-0.39, 0.29) is 10.0 Å². The van der Waals surface area contributed by atoms with E-state index in [9.17, 15) is 8.42 Å². The maximum Gasteiger partial charge on any atom is 0.267 e. The van der Waals surface area contributed by atoms with Crippen LogP contribution in [0.1, 0.15) is 24.5 Å². The summed E-state index contributed by atoms with van der Waals surface area (Å²) < 4.78 is 26.6. The highest BCUT2D eigenvalue weighted by Gasteiger charge is 2.20. The van der Waals surface area contributed by atoms with Gasteiger partial charge < -0.3 is 0 Å². The van der Waals surface area contributed by atoms with Gasteiger partial charge in [0.05, 0.1) is 11.9 Å². The summed E-state index contributed by atoms with van der Waals surface area (Å²) in [4.78, 5) is 0.119. The van der Waals surface area contributed by atoms with Gasteiger partial charge in [-0.1, -0.05) is 25.2 Å². The van der Waals surface area contributed by atoms with Gasteiger partial charge in [-0.25, -0.2) is 8.42 Å². The first kappa shape index (κ1) is 13.9. The van der Waals surface area contributed by atoms with Crippen LogP contribution in [0.15, 0.2) is 11.1 Å². The predicted octanol–water partition coefficient (Wildman–Crippen LogP) is 1.57. The average Bonchev–Trinajstić information content (AvgIpc) is 2.86. The third-order valence-electron chi connectivity index (χ3n) is 2.34. The first-order valence-corrected chi connectivity index (χ1v) is 8.03. The highest BCUT2D eigenvalue weighted by molar-refractivity contribution is 7.93. The van der Waals surface area contributed by atoms with Crippen LogP contribution in [0, 0.1) is 12.8 Å². The van der Waals surface area contributed by atoms with Crippen molar-refractivity contribution in [2.24, 2.45) is 5.92 Å². The second-order valence-corrected chi connectivity index (χ2v) is 7.28. The van der Waals surface area contributed by atoms with Gasteiger partial charge in [0.25, 0.3) is 10.0 Å². The summed E-state index contributed by atoms with van der Waals surface area (Å²) >= 11 is 1.25. The van der Waals surface area contributed by atoms with Gasteiger partial charge in [-0.3, -0.25) is 9.82 Å². The fourth-order valence-electron chi connectivity index (χ4n) is 1.51. The highest BCUT2D eigenvalue weighted by atomic mass is 32.2. The molecule has 0 saturated carbocycles. The van der Waals surface area contributed by atoms with E-state index < -0.39 is 10.0 Å². The van der Waals surface area contributed by atoms with Crippen LogP contribution >= 0.6 is 11.3 Å². The Morgan fingerprint density at radius 1 is 1.42 bits per heavy atom. The van der Waals surface area contributed by atoms with Gasteiger partial charge in [0.15, 0.2) is 0 Å². The van der Waals surface area contributed by atoms with Gasteiger partial charge in [0, 0.05) is 6.42 Å². The van der Waals surface area contributed by atoms with Crippen molar-refractivity contribution in [2.75, 3.05) is 4.72 Å². The van der Waals surface area contributed by atoms with Crippen LogP contribution in [-0.2, 0) is 16.4 Å². The van der Waals surface area contributed by atoms with Crippen molar-refractivity contribution in [1.82, 2.24) is 20.4 Å². The molecule has 2 heterocycles. The molecule has 0 amide bonds. The lowest BCUT2D eigenvalue weighted by Gasteiger charge is -2.02. The quantitative estimate of drug-likeness (QED) is 0.873. The van der Waals surface area contributed by atoms with Crippen molar-refractivity contribution in [3.63, 3.8) is 0 Å². The minimum Gasteiger partial charge on any atom is -0.281 e. The van der Waals surface area contributed by atoms with E-state index >= 15 is 0 Å². The van der Waals surface area contributed by atoms with E-state index in [1.165, 1.54) is 17.5 Å². The molecule has 19 heavy (non-hydrogen) atoms. The first-order chi connectivity index (χ1) is 8.88. The Morgan fingerprint density at radius 3 is 2.74 bits per heavy atom. The van der Waals surface area contributed by atoms with E-state index in [4.69, 9.17) is 0 Å². The molecule has 2 aromatic heterocycles. The molecule has 0 radical (unpaired) electrons. The third kappa shape index (κ3) is 3.29. The molecule has 0 atom stereocenters. The van der Waals surface area contributed by atoms with Crippen LogP contribution in [0.4, 0.5) is 5.13 Å². The van der Waals surface area contributed by atoms with Crippen molar-refractivity contribution >= 4 is 26.5 Å². The Hall–Kier alpha value is -1.48. The fourth-order valence-corrected chi connectivity index (χ4v) is 3.83. The van der Waals surface area contributed by atoms with Gasteiger partial charge in [0.1, 0.15) is 9.90 Å². The maximum atomic E-state index is 12.1. The van der Waals surface area contributed by atoms with Crippen LogP contribution < -0.4 is 4.72 Å². The number of hydrogen-bond acceptors (Lipinski definition) is 6. The third-order valence-corrected chi connectivity index (χ3v) is 4.79. The summed E-state index contributed by atoms with van der Waals surface area (Å²) in [7, 11) is -3.65. The van der Waals surface area contributed by atoms with Crippen molar-refractivity contribution in [3.05, 3.63) is 16.9 Å². The number of aryl methyl sites for hydroxylation is 1. The van der Waals surface area contributed by atoms with Crippen LogP contribution in [-0.4, -0.2) is 28.8 Å². The molecule has 0 unspecified atom stereocenters. The van der Waals surface area contributed by atoms with Crippen molar-refractivity contribution in [1.29, 1.82) is 0 Å². The average molecular weight is 301 g/mol. The van der Waals surface area contributed by atoms with Crippen LogP contribution in [0.25, 0.3) is 0 Å². The molecule has 0 aliphatic carbocycles. The highest BCUT2D eigenvalue weighted by Crippen LogP contribution is 2.22. The minimum absolute atomic E-state index is 0.119. The first-order valence-electron chi connectivity index (χ1n) is 5.73. The molecular formula is C10H15N5O2S2. The predicted molar refractivity (Wildman–Crippen MR) is 72.6 cm³/mol. The Morgan fingerprint density at radius 2 is 2.16 bits per heavy atom. The van der Waals surface area contributed by atoms with Gasteiger partial charge in [-0.15, -0.1) is 10.2 Å². The molecule has 0 aromatic carbocycles. The number of aromatic nitrogens is 4. The topological polar surface area (TPSA) is 101 Å². The summed E-state index contributed by atoms with van der Waals surface area (Å²) in [5.41, 5.74) is 0.486. The standard InChI is InChI=1S/C10H15N5O2S2/c1-6(2)4-9-13-14-10(18-9)15-19(16,17)8-5-11-12-7(8)3/h5-6H,4H2,1-3H3,(H,11,12)(H,14,15). The van der Waals surface area contributed by atoms with Gasteiger partial charge >= 0.3 is 0 Å². The number of H-pyrrole nitrogens is 1. The fraction of sp³-hybridized carbons (Fsp3) is 0.500. The number of rotatable bonds is 5. The van der Waals surface area contributed by atoms with E-state index in [1.807, 2.05) is 0 Å². The maximum absolute atomic E-state index is 12.1. The van der Waals surface area contributed by atoms with E-state index in [2.05, 4.69) is 39.0 Å². The molecule has 0 aliphatic heterocycles. The lowest BCUT2D eigenvalue weighted by Crippen LogP contribution is -2.13. The minimum atomic E-state index is -3.65. The largest absolute Gasteiger partial charge is 0.281 e. The van der Waals surface area contributed by atoms with E-state index in [0.717, 1.165) is 11.4 Å². The van der Waals surface area contributed by atoms with E-state index in [1.54, 1.807) is 6.92 Å². The number of nitrogens with zero attached hydrogens (tertiary/aromatic N) is 3. The van der Waals surface area contributed by atoms with Gasteiger partial charge in [0.2, 0.25) is 5.13 Å². The molecule has 9 heteroatoms. The summed E-state index contributed by atoms with van der Waals surface area (Å²) in [6.07, 6.45) is 2.05. The number of aromatic amines is 1. The Kier molecular flexibility index (Phi) is 3.85. The Labute approximate surface area is 115 Å². The van der Waals surface area contributed by atoms with Crippen molar-refractivity contribution in [2.45, 2.75) is 32.1 Å². The monoisotopic (exact) mass is 301 g/mol. The van der Waals surface area contributed by atoms with Gasteiger partial charge in [-0.2, -0.15) is 5.10 Å². The molecule has 2 N–H and O–H groups in total. The van der Waals surface area contributed by atoms with Gasteiger partial charge in [-0.05, 0) is 12.8 Å². The molecule has 0 aliphatic rings. The zero-order valence-corrected chi connectivity index (χ0v) is 12.5. The summed E-state index contributed by atoms with van der Waals surface area (Å²) in [6, 6.07) is 0. The molecule has 0 spiro atoms. The summed E-state index contributed by atoms with van der Waals surface area (Å²) in [5.74, 6) is 0.452. The number of sulfonamides is 1. The van der Waals surface area contributed by atoms with Crippen LogP contribution in [0.5, 0.6) is 0 Å². The Bertz CT molecular complexity index is 659. The molecule has 0 bridgehead atoms. The molecule has 104 valence electrons. The molecule has 7 nitrogen and oxygen atoms in total. The molecular weight excluding hydrogens is 286 g/mol.